The number of carbonyl (C=O) groups excluding carboxylic acids is 2. The van der Waals surface area contributed by atoms with Crippen molar-refractivity contribution in [3.8, 4) is 0 Å². The van der Waals surface area contributed by atoms with E-state index in [0.717, 1.165) is 16.5 Å². The molecule has 6 heteroatoms. The molecule has 5 rings (SSSR count). The van der Waals surface area contributed by atoms with Gasteiger partial charge in [-0.05, 0) is 30.2 Å². The molecule has 1 aromatic heterocycles. The maximum Gasteiger partial charge on any atom is 0.254 e. The number of benzene rings is 2. The molecular formula is C23H23N3O3. The zero-order valence-corrected chi connectivity index (χ0v) is 16.3. The van der Waals surface area contributed by atoms with Crippen LogP contribution in [0.15, 0.2) is 60.8 Å². The van der Waals surface area contributed by atoms with Crippen LogP contribution in [0.4, 0.5) is 0 Å². The van der Waals surface area contributed by atoms with Gasteiger partial charge in [-0.2, -0.15) is 0 Å². The number of aryl methyl sites for hydroxylation is 1. The maximum absolute atomic E-state index is 13.4. The smallest absolute Gasteiger partial charge is 0.254 e. The van der Waals surface area contributed by atoms with E-state index in [-0.39, 0.29) is 24.5 Å². The Kier molecular flexibility index (Phi) is 4.17. The van der Waals surface area contributed by atoms with Crippen molar-refractivity contribution in [1.82, 2.24) is 14.8 Å². The lowest BCUT2D eigenvalue weighted by Crippen LogP contribution is -2.67. The van der Waals surface area contributed by atoms with E-state index in [0.29, 0.717) is 25.1 Å². The summed E-state index contributed by atoms with van der Waals surface area (Å²) < 4.78 is 7.97. The summed E-state index contributed by atoms with van der Waals surface area (Å²) in [6, 6.07) is 17.7. The van der Waals surface area contributed by atoms with Gasteiger partial charge in [0.15, 0.2) is 0 Å². The Balaban J connectivity index is 1.47. The van der Waals surface area contributed by atoms with Gasteiger partial charge in [0.1, 0.15) is 12.7 Å². The molecule has 0 bridgehead atoms. The van der Waals surface area contributed by atoms with Gasteiger partial charge in [0, 0.05) is 42.8 Å². The summed E-state index contributed by atoms with van der Waals surface area (Å²) in [4.78, 5) is 27.4. The molecule has 2 saturated heterocycles. The molecule has 0 saturated carbocycles. The summed E-state index contributed by atoms with van der Waals surface area (Å²) in [7, 11) is 1.98. The molecule has 1 N–H and O–H groups in total. The zero-order valence-electron chi connectivity index (χ0n) is 16.3. The Morgan fingerprint density at radius 2 is 1.97 bits per heavy atom. The number of morpholine rings is 1. The van der Waals surface area contributed by atoms with Gasteiger partial charge in [0.2, 0.25) is 5.91 Å². The monoisotopic (exact) mass is 389 g/mol. The zero-order chi connectivity index (χ0) is 20.0. The lowest BCUT2D eigenvalue weighted by atomic mass is 9.77. The number of amides is 2. The maximum atomic E-state index is 13.4. The molecule has 2 amide bonds. The summed E-state index contributed by atoms with van der Waals surface area (Å²) in [5, 5.41) is 4.13. The molecule has 0 unspecified atom stereocenters. The second-order valence-corrected chi connectivity index (χ2v) is 7.85. The van der Waals surface area contributed by atoms with Gasteiger partial charge < -0.3 is 19.5 Å². The van der Waals surface area contributed by atoms with Crippen LogP contribution in [-0.4, -0.2) is 47.1 Å². The Morgan fingerprint density at radius 3 is 2.79 bits per heavy atom. The first-order valence-electron chi connectivity index (χ1n) is 9.90. The second-order valence-electron chi connectivity index (χ2n) is 7.85. The highest BCUT2D eigenvalue weighted by atomic mass is 16.5. The number of hydrogen-bond acceptors (Lipinski definition) is 3. The number of piperidine rings is 1. The van der Waals surface area contributed by atoms with E-state index in [1.807, 2.05) is 77.3 Å². The fraction of sp³-hybridized carbons (Fsp3) is 0.304. The number of nitrogens with zero attached hydrogens (tertiary/aromatic N) is 2. The lowest BCUT2D eigenvalue weighted by Gasteiger charge is -2.50. The first-order valence-corrected chi connectivity index (χ1v) is 9.90. The molecule has 3 heterocycles. The van der Waals surface area contributed by atoms with Crippen molar-refractivity contribution in [3.63, 3.8) is 0 Å². The Morgan fingerprint density at radius 1 is 1.14 bits per heavy atom. The van der Waals surface area contributed by atoms with Crippen LogP contribution in [0.2, 0.25) is 0 Å². The van der Waals surface area contributed by atoms with E-state index < -0.39 is 5.54 Å². The van der Waals surface area contributed by atoms with Crippen molar-refractivity contribution in [2.75, 3.05) is 19.7 Å². The van der Waals surface area contributed by atoms with Gasteiger partial charge in [-0.3, -0.25) is 9.59 Å². The van der Waals surface area contributed by atoms with Gasteiger partial charge in [0.05, 0.1) is 5.54 Å². The van der Waals surface area contributed by atoms with Crippen molar-refractivity contribution in [2.24, 2.45) is 7.05 Å². The van der Waals surface area contributed by atoms with E-state index >= 15 is 0 Å². The Labute approximate surface area is 169 Å². The Hall–Kier alpha value is -3.12. The van der Waals surface area contributed by atoms with Crippen molar-refractivity contribution in [2.45, 2.75) is 18.1 Å². The number of rotatable bonds is 2. The quantitative estimate of drug-likeness (QED) is 0.732. The molecule has 2 aromatic carbocycles. The average Bonchev–Trinajstić information content (AvgIpc) is 3.14. The predicted octanol–water partition coefficient (Wildman–Crippen LogP) is 2.43. The molecule has 0 aliphatic carbocycles. The summed E-state index contributed by atoms with van der Waals surface area (Å²) in [6.07, 6.45) is 2.30. The van der Waals surface area contributed by atoms with Crippen LogP contribution in [0.5, 0.6) is 0 Å². The van der Waals surface area contributed by atoms with Crippen LogP contribution >= 0.6 is 0 Å². The largest absolute Gasteiger partial charge is 0.364 e. The molecule has 2 aliphatic heterocycles. The fourth-order valence-corrected chi connectivity index (χ4v) is 4.70. The van der Waals surface area contributed by atoms with Gasteiger partial charge >= 0.3 is 0 Å². The van der Waals surface area contributed by atoms with Crippen LogP contribution in [0.1, 0.15) is 22.3 Å². The molecule has 6 nitrogen and oxygen atoms in total. The molecule has 0 spiro atoms. The molecule has 148 valence electrons. The molecule has 3 aromatic rings. The van der Waals surface area contributed by atoms with Crippen LogP contribution in [-0.2, 0) is 22.1 Å². The van der Waals surface area contributed by atoms with E-state index in [1.54, 1.807) is 0 Å². The van der Waals surface area contributed by atoms with Crippen molar-refractivity contribution in [3.05, 3.63) is 71.9 Å². The standard InChI is InChI=1S/C23H23N3O3/c1-25-12-10-17-18(8-5-9-19(17)25)22(28)26-13-11-23(16-6-3-2-4-7-16)20(14-26)29-15-21(27)24-23/h2-10,12,20H,11,13-15H2,1H3,(H,24,27)/t20-,23+/m1/s1. The van der Waals surface area contributed by atoms with Crippen molar-refractivity contribution in [1.29, 1.82) is 0 Å². The highest BCUT2D eigenvalue weighted by Crippen LogP contribution is 2.37. The third-order valence-corrected chi connectivity index (χ3v) is 6.22. The number of ether oxygens (including phenoxy) is 1. The second kappa shape index (κ2) is 6.74. The molecule has 29 heavy (non-hydrogen) atoms. The minimum Gasteiger partial charge on any atom is -0.364 e. The predicted molar refractivity (Wildman–Crippen MR) is 109 cm³/mol. The van der Waals surface area contributed by atoms with E-state index in [1.165, 1.54) is 0 Å². The third kappa shape index (κ3) is 2.83. The van der Waals surface area contributed by atoms with Crippen LogP contribution in [0, 0.1) is 0 Å². The summed E-state index contributed by atoms with van der Waals surface area (Å²) in [6.45, 7) is 1.02. The van der Waals surface area contributed by atoms with Gasteiger partial charge in [-0.15, -0.1) is 0 Å². The van der Waals surface area contributed by atoms with Crippen molar-refractivity contribution >= 4 is 22.7 Å². The third-order valence-electron chi connectivity index (χ3n) is 6.22. The highest BCUT2D eigenvalue weighted by molar-refractivity contribution is 6.06. The van der Waals surface area contributed by atoms with Gasteiger partial charge in [0.25, 0.3) is 5.91 Å². The minimum atomic E-state index is -0.591. The summed E-state index contributed by atoms with van der Waals surface area (Å²) in [5.41, 5.74) is 2.17. The van der Waals surface area contributed by atoms with Crippen LogP contribution in [0.3, 0.4) is 0 Å². The number of nitrogens with one attached hydrogen (secondary N) is 1. The number of fused-ring (bicyclic) bond motifs is 2. The first kappa shape index (κ1) is 17.9. The molecular weight excluding hydrogens is 366 g/mol. The lowest BCUT2D eigenvalue weighted by molar-refractivity contribution is -0.150. The van der Waals surface area contributed by atoms with Gasteiger partial charge in [-0.1, -0.05) is 36.4 Å². The SMILES string of the molecule is Cn1ccc2c(C(=O)N3CC[C@@]4(c5ccccc5)NC(=O)CO[C@@H]4C3)cccc21. The van der Waals surface area contributed by atoms with E-state index in [9.17, 15) is 9.59 Å². The molecule has 2 fully saturated rings. The van der Waals surface area contributed by atoms with Crippen LogP contribution < -0.4 is 5.32 Å². The van der Waals surface area contributed by atoms with Gasteiger partial charge in [-0.25, -0.2) is 0 Å². The average molecular weight is 389 g/mol. The molecule has 0 radical (unpaired) electrons. The Bertz CT molecular complexity index is 1090. The topological polar surface area (TPSA) is 63.6 Å². The first-order chi connectivity index (χ1) is 14.1. The van der Waals surface area contributed by atoms with Crippen LogP contribution in [0.25, 0.3) is 10.9 Å². The van der Waals surface area contributed by atoms with Crippen molar-refractivity contribution < 1.29 is 14.3 Å². The summed E-state index contributed by atoms with van der Waals surface area (Å²) >= 11 is 0. The fourth-order valence-electron chi connectivity index (χ4n) is 4.70. The minimum absolute atomic E-state index is 0.00367. The normalized spacial score (nSPS) is 24.2. The number of hydrogen-bond donors (Lipinski definition) is 1. The highest BCUT2D eigenvalue weighted by Gasteiger charge is 2.49. The number of aromatic nitrogens is 1. The summed E-state index contributed by atoms with van der Waals surface area (Å²) in [5.74, 6) is -0.108. The van der Waals surface area contributed by atoms with E-state index in [2.05, 4.69) is 5.32 Å². The number of likely N-dealkylation sites (tertiary alicyclic amines) is 1. The molecule has 2 atom stereocenters. The number of carbonyl (C=O) groups is 2. The van der Waals surface area contributed by atoms with E-state index in [4.69, 9.17) is 4.74 Å². The molecule has 2 aliphatic rings.